The lowest BCUT2D eigenvalue weighted by molar-refractivity contribution is -0.0439. The molecular formula is C12H15F2NO. The van der Waals surface area contributed by atoms with Crippen LogP contribution in [-0.2, 0) is 0 Å². The first-order valence-corrected chi connectivity index (χ1v) is 5.29. The van der Waals surface area contributed by atoms with Crippen molar-refractivity contribution in [3.8, 4) is 5.75 Å². The van der Waals surface area contributed by atoms with Gasteiger partial charge in [-0.2, -0.15) is 0 Å². The normalized spacial score (nSPS) is 27.3. The molecule has 88 valence electrons. The maximum Gasteiger partial charge on any atom is 0.191 e. The molecule has 0 radical (unpaired) electrons. The molecule has 0 saturated heterocycles. The van der Waals surface area contributed by atoms with Crippen LogP contribution in [0.5, 0.6) is 5.75 Å². The summed E-state index contributed by atoms with van der Waals surface area (Å²) in [6.45, 7) is 3.87. The van der Waals surface area contributed by atoms with E-state index < -0.39 is 11.6 Å². The van der Waals surface area contributed by atoms with Crippen LogP contribution in [0.15, 0.2) is 18.2 Å². The molecule has 0 spiro atoms. The second kappa shape index (κ2) is 3.70. The SMILES string of the molecule is CC1(C)C(N)CC1Oc1c(F)cccc1F. The van der Waals surface area contributed by atoms with Crippen molar-refractivity contribution < 1.29 is 13.5 Å². The summed E-state index contributed by atoms with van der Waals surface area (Å²) in [4.78, 5) is 0. The number of ether oxygens (including phenoxy) is 1. The largest absolute Gasteiger partial charge is 0.484 e. The van der Waals surface area contributed by atoms with Gasteiger partial charge in [0, 0.05) is 17.9 Å². The van der Waals surface area contributed by atoms with E-state index in [0.29, 0.717) is 6.42 Å². The fourth-order valence-corrected chi connectivity index (χ4v) is 1.85. The highest BCUT2D eigenvalue weighted by molar-refractivity contribution is 5.27. The average Bonchev–Trinajstić information content (AvgIpc) is 2.22. The highest BCUT2D eigenvalue weighted by atomic mass is 19.1. The molecule has 4 heteroatoms. The number of hydrogen-bond donors (Lipinski definition) is 1. The number of rotatable bonds is 2. The van der Waals surface area contributed by atoms with E-state index in [-0.39, 0.29) is 23.3 Å². The molecule has 0 bridgehead atoms. The van der Waals surface area contributed by atoms with Crippen LogP contribution in [0.3, 0.4) is 0 Å². The zero-order valence-corrected chi connectivity index (χ0v) is 9.34. The Hall–Kier alpha value is -1.16. The summed E-state index contributed by atoms with van der Waals surface area (Å²) >= 11 is 0. The van der Waals surface area contributed by atoms with Crippen LogP contribution in [0.25, 0.3) is 0 Å². The van der Waals surface area contributed by atoms with Gasteiger partial charge in [-0.3, -0.25) is 0 Å². The zero-order chi connectivity index (χ0) is 11.9. The lowest BCUT2D eigenvalue weighted by atomic mass is 9.65. The molecule has 1 saturated carbocycles. The van der Waals surface area contributed by atoms with Crippen molar-refractivity contribution in [3.63, 3.8) is 0 Å². The Morgan fingerprint density at radius 2 is 1.88 bits per heavy atom. The average molecular weight is 227 g/mol. The molecular weight excluding hydrogens is 212 g/mol. The van der Waals surface area contributed by atoms with Crippen LogP contribution in [0.4, 0.5) is 8.78 Å². The van der Waals surface area contributed by atoms with Gasteiger partial charge in [0.25, 0.3) is 0 Å². The molecule has 16 heavy (non-hydrogen) atoms. The van der Waals surface area contributed by atoms with Gasteiger partial charge in [0.2, 0.25) is 0 Å². The summed E-state index contributed by atoms with van der Waals surface area (Å²) in [6.07, 6.45) is 0.398. The van der Waals surface area contributed by atoms with Crippen molar-refractivity contribution in [2.24, 2.45) is 11.1 Å². The maximum absolute atomic E-state index is 13.3. The second-order valence-corrected chi connectivity index (χ2v) is 4.82. The van der Waals surface area contributed by atoms with Crippen molar-refractivity contribution in [1.82, 2.24) is 0 Å². The van der Waals surface area contributed by atoms with Gasteiger partial charge >= 0.3 is 0 Å². The minimum absolute atomic E-state index is 0.0207. The summed E-state index contributed by atoms with van der Waals surface area (Å²) < 4.78 is 32.0. The number of benzene rings is 1. The van der Waals surface area contributed by atoms with E-state index in [0.717, 1.165) is 0 Å². The fraction of sp³-hybridized carbons (Fsp3) is 0.500. The molecule has 2 nitrogen and oxygen atoms in total. The number of halogens is 2. The Kier molecular flexibility index (Phi) is 2.62. The first-order chi connectivity index (χ1) is 7.43. The van der Waals surface area contributed by atoms with E-state index in [2.05, 4.69) is 0 Å². The van der Waals surface area contributed by atoms with Crippen molar-refractivity contribution in [2.75, 3.05) is 0 Å². The standard InChI is InChI=1S/C12H15F2NO/c1-12(2)9(15)6-10(12)16-11-7(13)4-3-5-8(11)14/h3-5,9-10H,6,15H2,1-2H3. The Morgan fingerprint density at radius 1 is 1.31 bits per heavy atom. The van der Waals surface area contributed by atoms with Gasteiger partial charge in [-0.25, -0.2) is 8.78 Å². The molecule has 1 aliphatic carbocycles. The third-order valence-corrected chi connectivity index (χ3v) is 3.43. The van der Waals surface area contributed by atoms with E-state index in [4.69, 9.17) is 10.5 Å². The fourth-order valence-electron chi connectivity index (χ4n) is 1.85. The topological polar surface area (TPSA) is 35.2 Å². The van der Waals surface area contributed by atoms with Crippen LogP contribution < -0.4 is 10.5 Å². The Labute approximate surface area is 93.4 Å². The molecule has 0 aromatic heterocycles. The highest BCUT2D eigenvalue weighted by Crippen LogP contribution is 2.42. The molecule has 2 rings (SSSR count). The van der Waals surface area contributed by atoms with Gasteiger partial charge < -0.3 is 10.5 Å². The number of hydrogen-bond acceptors (Lipinski definition) is 2. The van der Waals surface area contributed by atoms with Gasteiger partial charge in [-0.1, -0.05) is 19.9 Å². The molecule has 2 N–H and O–H groups in total. The van der Waals surface area contributed by atoms with E-state index in [1.165, 1.54) is 18.2 Å². The maximum atomic E-state index is 13.3. The lowest BCUT2D eigenvalue weighted by Gasteiger charge is -2.49. The monoisotopic (exact) mass is 227 g/mol. The van der Waals surface area contributed by atoms with Crippen molar-refractivity contribution in [2.45, 2.75) is 32.4 Å². The molecule has 0 amide bonds. The third kappa shape index (κ3) is 1.67. The van der Waals surface area contributed by atoms with Crippen LogP contribution in [0.2, 0.25) is 0 Å². The summed E-state index contributed by atoms with van der Waals surface area (Å²) in [6, 6.07) is 3.70. The predicted octanol–water partition coefficient (Wildman–Crippen LogP) is 2.47. The molecule has 0 aliphatic heterocycles. The minimum atomic E-state index is -0.670. The summed E-state index contributed by atoms with van der Waals surface area (Å²) in [5.74, 6) is -1.64. The second-order valence-electron chi connectivity index (χ2n) is 4.82. The first kappa shape index (κ1) is 11.3. The van der Waals surface area contributed by atoms with Crippen LogP contribution in [0, 0.1) is 17.0 Å². The van der Waals surface area contributed by atoms with Crippen molar-refractivity contribution in [1.29, 1.82) is 0 Å². The molecule has 1 aromatic rings. The molecule has 1 aromatic carbocycles. The van der Waals surface area contributed by atoms with Crippen LogP contribution >= 0.6 is 0 Å². The Bertz CT molecular complexity index is 386. The molecule has 2 unspecified atom stereocenters. The van der Waals surface area contributed by atoms with E-state index in [1.54, 1.807) is 0 Å². The highest BCUT2D eigenvalue weighted by Gasteiger charge is 2.48. The summed E-state index contributed by atoms with van der Waals surface area (Å²) in [5, 5.41) is 0. The smallest absolute Gasteiger partial charge is 0.191 e. The first-order valence-electron chi connectivity index (χ1n) is 5.29. The van der Waals surface area contributed by atoms with Crippen LogP contribution in [-0.4, -0.2) is 12.1 Å². The molecule has 2 atom stereocenters. The number of nitrogens with two attached hydrogens (primary N) is 1. The minimum Gasteiger partial charge on any atom is -0.484 e. The van der Waals surface area contributed by atoms with E-state index in [1.807, 2.05) is 13.8 Å². The van der Waals surface area contributed by atoms with Gasteiger partial charge in [-0.15, -0.1) is 0 Å². The van der Waals surface area contributed by atoms with Gasteiger partial charge in [0.05, 0.1) is 0 Å². The van der Waals surface area contributed by atoms with E-state index >= 15 is 0 Å². The number of para-hydroxylation sites is 1. The molecule has 1 fully saturated rings. The predicted molar refractivity (Wildman–Crippen MR) is 57.1 cm³/mol. The third-order valence-electron chi connectivity index (χ3n) is 3.43. The van der Waals surface area contributed by atoms with Crippen molar-refractivity contribution in [3.05, 3.63) is 29.8 Å². The molecule has 0 heterocycles. The van der Waals surface area contributed by atoms with Crippen molar-refractivity contribution >= 4 is 0 Å². The molecule has 1 aliphatic rings. The quantitative estimate of drug-likeness (QED) is 0.842. The summed E-state index contributed by atoms with van der Waals surface area (Å²) in [5.41, 5.74) is 5.57. The van der Waals surface area contributed by atoms with Gasteiger partial charge in [0.1, 0.15) is 6.10 Å². The Morgan fingerprint density at radius 3 is 2.31 bits per heavy atom. The summed E-state index contributed by atoms with van der Waals surface area (Å²) in [7, 11) is 0. The van der Waals surface area contributed by atoms with Gasteiger partial charge in [-0.05, 0) is 12.1 Å². The van der Waals surface area contributed by atoms with E-state index in [9.17, 15) is 8.78 Å². The lowest BCUT2D eigenvalue weighted by Crippen LogP contribution is -2.60. The van der Waals surface area contributed by atoms with Gasteiger partial charge in [0.15, 0.2) is 17.4 Å². The van der Waals surface area contributed by atoms with Crippen LogP contribution in [0.1, 0.15) is 20.3 Å². The zero-order valence-electron chi connectivity index (χ0n) is 9.34. The Balaban J connectivity index is 2.17.